The maximum atomic E-state index is 4.72. The van der Waals surface area contributed by atoms with Gasteiger partial charge in [0.15, 0.2) is 0 Å². The molecule has 1 N–H and O–H groups in total. The molecule has 0 fully saturated rings. The van der Waals surface area contributed by atoms with Crippen LogP contribution in [0.1, 0.15) is 31.5 Å². The summed E-state index contributed by atoms with van der Waals surface area (Å²) >= 11 is 1.73. The van der Waals surface area contributed by atoms with Gasteiger partial charge in [0.05, 0.1) is 17.2 Å². The molecule has 3 rings (SSSR count). The number of nitrogens with one attached hydrogen (secondary N) is 1. The Hall–Kier alpha value is -1.94. The van der Waals surface area contributed by atoms with Gasteiger partial charge < -0.3 is 5.32 Å². The van der Waals surface area contributed by atoms with Crippen LogP contribution < -0.4 is 5.32 Å². The second kappa shape index (κ2) is 5.45. The number of rotatable bonds is 3. The zero-order valence-electron chi connectivity index (χ0n) is 12.6. The highest BCUT2D eigenvalue weighted by Gasteiger charge is 2.17. The van der Waals surface area contributed by atoms with Crippen LogP contribution in [0, 0.1) is 0 Å². The van der Waals surface area contributed by atoms with Gasteiger partial charge in [-0.2, -0.15) is 0 Å². The molecule has 0 spiro atoms. The van der Waals surface area contributed by atoms with E-state index in [1.54, 1.807) is 11.3 Å². The lowest BCUT2D eigenvalue weighted by atomic mass is 9.98. The van der Waals surface area contributed by atoms with Crippen molar-refractivity contribution in [1.29, 1.82) is 0 Å². The van der Waals surface area contributed by atoms with Gasteiger partial charge in [0.25, 0.3) is 0 Å². The Bertz CT molecular complexity index is 751. The van der Waals surface area contributed by atoms with Gasteiger partial charge >= 0.3 is 0 Å². The summed E-state index contributed by atoms with van der Waals surface area (Å²) in [5.74, 6) is 0. The Morgan fingerprint density at radius 1 is 1.19 bits per heavy atom. The van der Waals surface area contributed by atoms with Gasteiger partial charge in [-0.05, 0) is 17.5 Å². The third kappa shape index (κ3) is 3.05. The minimum Gasteiger partial charge on any atom is -0.379 e. The highest BCUT2D eigenvalue weighted by molar-refractivity contribution is 7.09. The van der Waals surface area contributed by atoms with E-state index in [4.69, 9.17) is 4.98 Å². The summed E-state index contributed by atoms with van der Waals surface area (Å²) in [6.45, 7) is 7.32. The number of benzene rings is 1. The topological polar surface area (TPSA) is 37.8 Å². The number of fused-ring (bicyclic) bond motifs is 1. The molecule has 0 radical (unpaired) electrons. The number of pyridine rings is 1. The highest BCUT2D eigenvalue weighted by Crippen LogP contribution is 2.27. The monoisotopic (exact) mass is 297 g/mol. The fourth-order valence-electron chi connectivity index (χ4n) is 2.19. The second-order valence-corrected chi connectivity index (χ2v) is 7.01. The molecule has 0 saturated heterocycles. The van der Waals surface area contributed by atoms with Crippen LogP contribution in [0.2, 0.25) is 0 Å². The quantitative estimate of drug-likeness (QED) is 0.767. The molecule has 0 bridgehead atoms. The first kappa shape index (κ1) is 14.0. The second-order valence-electron chi connectivity index (χ2n) is 6.15. The predicted molar refractivity (Wildman–Crippen MR) is 89.9 cm³/mol. The van der Waals surface area contributed by atoms with Crippen LogP contribution >= 0.6 is 11.3 Å². The highest BCUT2D eigenvalue weighted by atomic mass is 32.1. The zero-order chi connectivity index (χ0) is 14.9. The maximum Gasteiger partial charge on any atom is 0.0982 e. The van der Waals surface area contributed by atoms with Gasteiger partial charge in [0.1, 0.15) is 0 Å². The average molecular weight is 297 g/mol. The van der Waals surface area contributed by atoms with Crippen LogP contribution in [0.5, 0.6) is 0 Å². The molecule has 3 nitrogen and oxygen atoms in total. The number of thiazole rings is 1. The molecule has 21 heavy (non-hydrogen) atoms. The van der Waals surface area contributed by atoms with E-state index < -0.39 is 0 Å². The smallest absolute Gasteiger partial charge is 0.0982 e. The van der Waals surface area contributed by atoms with E-state index >= 15 is 0 Å². The van der Waals surface area contributed by atoms with Crippen LogP contribution in [-0.4, -0.2) is 9.97 Å². The van der Waals surface area contributed by atoms with Gasteiger partial charge in [0, 0.05) is 34.3 Å². The minimum atomic E-state index is 0.117. The number of nitrogens with zero attached hydrogens (tertiary/aromatic N) is 2. The summed E-state index contributed by atoms with van der Waals surface area (Å²) in [6, 6.07) is 8.27. The predicted octanol–water partition coefficient (Wildman–Crippen LogP) is 4.60. The summed E-state index contributed by atoms with van der Waals surface area (Å²) in [6.07, 6.45) is 3.72. The standard InChI is InChI=1S/C17H19N3S/c1-17(2,3)16-20-13(11-21-16)9-19-15-6-4-5-12-7-8-18-10-14(12)15/h4-8,10-11,19H,9H2,1-3H3. The number of hydrogen-bond acceptors (Lipinski definition) is 4. The summed E-state index contributed by atoms with van der Waals surface area (Å²) in [5, 5.41) is 9.13. The van der Waals surface area contributed by atoms with Crippen molar-refractivity contribution in [3.63, 3.8) is 0 Å². The van der Waals surface area contributed by atoms with E-state index in [0.717, 1.165) is 23.3 Å². The van der Waals surface area contributed by atoms with Gasteiger partial charge in [-0.3, -0.25) is 4.98 Å². The van der Waals surface area contributed by atoms with Gasteiger partial charge in [-0.15, -0.1) is 11.3 Å². The van der Waals surface area contributed by atoms with Gasteiger partial charge in [-0.25, -0.2) is 4.98 Å². The molecule has 0 amide bonds. The molecule has 0 atom stereocenters. The van der Waals surface area contributed by atoms with Crippen molar-refractivity contribution in [1.82, 2.24) is 9.97 Å². The fourth-order valence-corrected chi connectivity index (χ4v) is 3.09. The Labute approximate surface area is 129 Å². The molecule has 3 aromatic rings. The lowest BCUT2D eigenvalue weighted by molar-refractivity contribution is 0.583. The van der Waals surface area contributed by atoms with E-state index in [1.807, 2.05) is 18.5 Å². The van der Waals surface area contributed by atoms with Crippen molar-refractivity contribution in [3.05, 3.63) is 52.7 Å². The normalized spacial score (nSPS) is 11.8. The Morgan fingerprint density at radius 2 is 2.05 bits per heavy atom. The molecule has 2 aromatic heterocycles. The van der Waals surface area contributed by atoms with E-state index in [1.165, 1.54) is 10.4 Å². The Kier molecular flexibility index (Phi) is 3.64. The molecule has 108 valence electrons. The van der Waals surface area contributed by atoms with Crippen LogP contribution in [0.25, 0.3) is 10.8 Å². The molecule has 0 unspecified atom stereocenters. The molecule has 0 aliphatic heterocycles. The lowest BCUT2D eigenvalue weighted by Crippen LogP contribution is -2.11. The number of hydrogen-bond donors (Lipinski definition) is 1. The summed E-state index contributed by atoms with van der Waals surface area (Å²) in [4.78, 5) is 8.93. The maximum absolute atomic E-state index is 4.72. The van der Waals surface area contributed by atoms with E-state index in [9.17, 15) is 0 Å². The molecule has 1 aromatic carbocycles. The van der Waals surface area contributed by atoms with Gasteiger partial charge in [0.2, 0.25) is 0 Å². The molecular weight excluding hydrogens is 278 g/mol. The minimum absolute atomic E-state index is 0.117. The summed E-state index contributed by atoms with van der Waals surface area (Å²) in [7, 11) is 0. The lowest BCUT2D eigenvalue weighted by Gasteiger charge is -2.13. The molecular formula is C17H19N3S. The van der Waals surface area contributed by atoms with E-state index in [-0.39, 0.29) is 5.41 Å². The van der Waals surface area contributed by atoms with Crippen LogP contribution in [0.3, 0.4) is 0 Å². The van der Waals surface area contributed by atoms with Crippen LogP contribution in [0.4, 0.5) is 5.69 Å². The first-order chi connectivity index (χ1) is 10.0. The van der Waals surface area contributed by atoms with Crippen LogP contribution in [0.15, 0.2) is 42.0 Å². The van der Waals surface area contributed by atoms with Crippen molar-refractivity contribution in [2.24, 2.45) is 0 Å². The van der Waals surface area contributed by atoms with Crippen molar-refractivity contribution in [2.75, 3.05) is 5.32 Å². The van der Waals surface area contributed by atoms with E-state index in [0.29, 0.717) is 0 Å². The summed E-state index contributed by atoms with van der Waals surface area (Å²) < 4.78 is 0. The largest absolute Gasteiger partial charge is 0.379 e. The summed E-state index contributed by atoms with van der Waals surface area (Å²) in [5.41, 5.74) is 2.31. The molecule has 2 heterocycles. The Balaban J connectivity index is 1.79. The third-order valence-electron chi connectivity index (χ3n) is 3.34. The fraction of sp³-hybridized carbons (Fsp3) is 0.294. The van der Waals surface area contributed by atoms with Crippen molar-refractivity contribution >= 4 is 27.8 Å². The third-order valence-corrected chi connectivity index (χ3v) is 4.65. The van der Waals surface area contributed by atoms with Gasteiger partial charge in [-0.1, -0.05) is 32.9 Å². The number of aromatic nitrogens is 2. The Morgan fingerprint density at radius 3 is 2.81 bits per heavy atom. The van der Waals surface area contributed by atoms with Crippen LogP contribution in [-0.2, 0) is 12.0 Å². The van der Waals surface area contributed by atoms with Crippen molar-refractivity contribution in [2.45, 2.75) is 32.7 Å². The first-order valence-electron chi connectivity index (χ1n) is 7.05. The molecule has 4 heteroatoms. The first-order valence-corrected chi connectivity index (χ1v) is 7.93. The van der Waals surface area contributed by atoms with Crippen molar-refractivity contribution < 1.29 is 0 Å². The number of anilines is 1. The average Bonchev–Trinajstić information content (AvgIpc) is 2.94. The SMILES string of the molecule is CC(C)(C)c1nc(CNc2cccc3ccncc23)cs1. The van der Waals surface area contributed by atoms with Crippen molar-refractivity contribution in [3.8, 4) is 0 Å². The molecule has 0 aliphatic carbocycles. The zero-order valence-corrected chi connectivity index (χ0v) is 13.4. The molecule has 0 saturated carbocycles. The molecule has 0 aliphatic rings. The van der Waals surface area contributed by atoms with E-state index in [2.05, 4.69) is 54.7 Å².